The van der Waals surface area contributed by atoms with Crippen LogP contribution in [0.15, 0.2) is 4.99 Å². The number of nitrogens with one attached hydrogen (secondary N) is 2. The first-order chi connectivity index (χ1) is 10.6. The summed E-state index contributed by atoms with van der Waals surface area (Å²) in [4.78, 5) is 6.94. The number of hydrogen-bond donors (Lipinski definition) is 2. The van der Waals surface area contributed by atoms with Gasteiger partial charge in [0.1, 0.15) is 0 Å². The molecule has 0 aromatic heterocycles. The molecule has 0 aromatic rings. The minimum atomic E-state index is 0.568. The van der Waals surface area contributed by atoms with Crippen LogP contribution in [-0.2, 0) is 4.74 Å². The van der Waals surface area contributed by atoms with Crippen LogP contribution in [-0.4, -0.2) is 63.3 Å². The molecule has 1 rings (SSSR count). The topological polar surface area (TPSA) is 48.9 Å². The Kier molecular flexibility index (Phi) is 9.48. The van der Waals surface area contributed by atoms with E-state index in [0.717, 1.165) is 38.2 Å². The van der Waals surface area contributed by atoms with Crippen LogP contribution in [0.2, 0.25) is 0 Å². The quantitative estimate of drug-likeness (QED) is 0.408. The zero-order valence-corrected chi connectivity index (χ0v) is 15.2. The van der Waals surface area contributed by atoms with Crippen molar-refractivity contribution in [1.82, 2.24) is 15.5 Å². The van der Waals surface area contributed by atoms with Crippen LogP contribution < -0.4 is 10.6 Å². The van der Waals surface area contributed by atoms with Crippen molar-refractivity contribution in [3.8, 4) is 0 Å². The van der Waals surface area contributed by atoms with E-state index in [1.165, 1.54) is 25.9 Å². The number of hydrogen-bond acceptors (Lipinski definition) is 3. The van der Waals surface area contributed by atoms with Gasteiger partial charge in [-0.3, -0.25) is 9.89 Å². The molecule has 0 radical (unpaired) electrons. The Morgan fingerprint density at radius 3 is 2.50 bits per heavy atom. The lowest BCUT2D eigenvalue weighted by Crippen LogP contribution is -2.51. The molecule has 1 aliphatic rings. The summed E-state index contributed by atoms with van der Waals surface area (Å²) in [6.07, 6.45) is 2.65. The summed E-state index contributed by atoms with van der Waals surface area (Å²) in [6.45, 7) is 14.7. The van der Waals surface area contributed by atoms with Gasteiger partial charge in [-0.1, -0.05) is 20.8 Å². The highest BCUT2D eigenvalue weighted by Gasteiger charge is 2.25. The van der Waals surface area contributed by atoms with E-state index in [9.17, 15) is 0 Å². The summed E-state index contributed by atoms with van der Waals surface area (Å²) < 4.78 is 5.34. The van der Waals surface area contributed by atoms with Crippen LogP contribution >= 0.6 is 0 Å². The molecule has 5 nitrogen and oxygen atoms in total. The van der Waals surface area contributed by atoms with E-state index < -0.39 is 0 Å². The fourth-order valence-electron chi connectivity index (χ4n) is 2.95. The van der Waals surface area contributed by atoms with Crippen LogP contribution in [0.4, 0.5) is 0 Å². The highest BCUT2D eigenvalue weighted by Crippen LogP contribution is 2.20. The van der Waals surface area contributed by atoms with Gasteiger partial charge in [0.25, 0.3) is 0 Å². The number of nitrogens with zero attached hydrogens (tertiary/aromatic N) is 2. The van der Waals surface area contributed by atoms with Crippen LogP contribution in [0, 0.1) is 11.8 Å². The molecule has 0 amide bonds. The smallest absolute Gasteiger partial charge is 0.191 e. The highest BCUT2D eigenvalue weighted by atomic mass is 16.5. The van der Waals surface area contributed by atoms with Crippen LogP contribution in [0.5, 0.6) is 0 Å². The number of guanidine groups is 1. The molecule has 0 aromatic carbocycles. The lowest BCUT2D eigenvalue weighted by molar-refractivity contribution is 0.110. The monoisotopic (exact) mass is 312 g/mol. The Bertz CT molecular complexity index is 312. The average Bonchev–Trinajstić information content (AvgIpc) is 2.51. The summed E-state index contributed by atoms with van der Waals surface area (Å²) in [7, 11) is 1.82. The molecule has 1 unspecified atom stereocenters. The SMILES string of the molecule is CCOCCNC(=NC)NCC(C(C)C)N1CCC(C)CC1. The van der Waals surface area contributed by atoms with Gasteiger partial charge in [-0.15, -0.1) is 0 Å². The van der Waals surface area contributed by atoms with E-state index >= 15 is 0 Å². The standard InChI is InChI=1S/C17H36N4O/c1-6-22-12-9-19-17(18-5)20-13-16(14(2)3)21-10-7-15(4)8-11-21/h14-16H,6-13H2,1-5H3,(H2,18,19,20). The molecule has 0 bridgehead atoms. The van der Waals surface area contributed by atoms with Crippen molar-refractivity contribution in [2.75, 3.05) is 46.4 Å². The van der Waals surface area contributed by atoms with E-state index in [1.54, 1.807) is 0 Å². The zero-order valence-electron chi connectivity index (χ0n) is 15.2. The van der Waals surface area contributed by atoms with Crippen molar-refractivity contribution in [3.63, 3.8) is 0 Å². The van der Waals surface area contributed by atoms with Crippen molar-refractivity contribution in [1.29, 1.82) is 0 Å². The predicted octanol–water partition coefficient (Wildman–Crippen LogP) is 1.94. The number of likely N-dealkylation sites (tertiary alicyclic amines) is 1. The molecule has 22 heavy (non-hydrogen) atoms. The minimum Gasteiger partial charge on any atom is -0.380 e. The molecule has 0 spiro atoms. The first kappa shape index (κ1) is 19.2. The molecule has 0 saturated carbocycles. The number of piperidine rings is 1. The van der Waals surface area contributed by atoms with Crippen LogP contribution in [0.25, 0.3) is 0 Å². The molecule has 1 aliphatic heterocycles. The predicted molar refractivity (Wildman–Crippen MR) is 94.5 cm³/mol. The van der Waals surface area contributed by atoms with Crippen molar-refractivity contribution in [2.45, 2.75) is 46.6 Å². The molecule has 5 heteroatoms. The van der Waals surface area contributed by atoms with Gasteiger partial charge in [0.05, 0.1) is 6.61 Å². The Morgan fingerprint density at radius 2 is 1.95 bits per heavy atom. The number of rotatable bonds is 8. The maximum absolute atomic E-state index is 5.34. The molecular weight excluding hydrogens is 276 g/mol. The second kappa shape index (κ2) is 10.8. The fourth-order valence-corrected chi connectivity index (χ4v) is 2.95. The second-order valence-corrected chi connectivity index (χ2v) is 6.61. The molecule has 0 aliphatic carbocycles. The van der Waals surface area contributed by atoms with E-state index in [2.05, 4.69) is 41.3 Å². The van der Waals surface area contributed by atoms with Crippen LogP contribution in [0.1, 0.15) is 40.5 Å². The Labute approximate surface area is 136 Å². The van der Waals surface area contributed by atoms with Gasteiger partial charge in [0.15, 0.2) is 5.96 Å². The summed E-state index contributed by atoms with van der Waals surface area (Å²) in [5, 5.41) is 6.78. The van der Waals surface area contributed by atoms with Crippen LogP contribution in [0.3, 0.4) is 0 Å². The first-order valence-electron chi connectivity index (χ1n) is 8.84. The molecule has 1 saturated heterocycles. The van der Waals surface area contributed by atoms with Gasteiger partial charge in [-0.25, -0.2) is 0 Å². The van der Waals surface area contributed by atoms with Gasteiger partial charge in [0, 0.05) is 32.8 Å². The molecule has 1 fully saturated rings. The van der Waals surface area contributed by atoms with Gasteiger partial charge < -0.3 is 15.4 Å². The van der Waals surface area contributed by atoms with E-state index in [4.69, 9.17) is 4.74 Å². The third kappa shape index (κ3) is 6.97. The summed E-state index contributed by atoms with van der Waals surface area (Å²) in [5.74, 6) is 2.39. The maximum atomic E-state index is 5.34. The van der Waals surface area contributed by atoms with Crippen molar-refractivity contribution < 1.29 is 4.74 Å². The van der Waals surface area contributed by atoms with Gasteiger partial charge >= 0.3 is 0 Å². The highest BCUT2D eigenvalue weighted by molar-refractivity contribution is 5.79. The largest absolute Gasteiger partial charge is 0.380 e. The Morgan fingerprint density at radius 1 is 1.27 bits per heavy atom. The third-order valence-corrected chi connectivity index (χ3v) is 4.50. The first-order valence-corrected chi connectivity index (χ1v) is 8.84. The van der Waals surface area contributed by atoms with Crippen molar-refractivity contribution in [3.05, 3.63) is 0 Å². The van der Waals surface area contributed by atoms with Gasteiger partial charge in [-0.05, 0) is 44.7 Å². The Hall–Kier alpha value is -0.810. The molecule has 1 atom stereocenters. The summed E-state index contributed by atoms with van der Waals surface area (Å²) in [6, 6.07) is 0.568. The fraction of sp³-hybridized carbons (Fsp3) is 0.941. The molecule has 130 valence electrons. The number of ether oxygens (including phenoxy) is 1. The van der Waals surface area contributed by atoms with E-state index in [1.807, 2.05) is 14.0 Å². The second-order valence-electron chi connectivity index (χ2n) is 6.61. The maximum Gasteiger partial charge on any atom is 0.191 e. The normalized spacial score (nSPS) is 19.5. The van der Waals surface area contributed by atoms with Crippen molar-refractivity contribution in [2.24, 2.45) is 16.8 Å². The lowest BCUT2D eigenvalue weighted by Gasteiger charge is -2.39. The van der Waals surface area contributed by atoms with Crippen molar-refractivity contribution >= 4 is 5.96 Å². The number of aliphatic imine (C=N–C) groups is 1. The Balaban J connectivity index is 2.39. The summed E-state index contributed by atoms with van der Waals surface area (Å²) in [5.41, 5.74) is 0. The zero-order chi connectivity index (χ0) is 16.4. The third-order valence-electron chi connectivity index (χ3n) is 4.50. The molecule has 2 N–H and O–H groups in total. The average molecular weight is 313 g/mol. The van der Waals surface area contributed by atoms with Gasteiger partial charge in [-0.2, -0.15) is 0 Å². The van der Waals surface area contributed by atoms with E-state index in [-0.39, 0.29) is 0 Å². The summed E-state index contributed by atoms with van der Waals surface area (Å²) >= 11 is 0. The molecule has 1 heterocycles. The van der Waals surface area contributed by atoms with Gasteiger partial charge in [0.2, 0.25) is 0 Å². The minimum absolute atomic E-state index is 0.568. The molecular formula is C17H36N4O. The van der Waals surface area contributed by atoms with E-state index in [0.29, 0.717) is 12.0 Å². The lowest BCUT2D eigenvalue weighted by atomic mass is 9.94.